The summed E-state index contributed by atoms with van der Waals surface area (Å²) >= 11 is 0. The third kappa shape index (κ3) is 3.53. The van der Waals surface area contributed by atoms with E-state index in [2.05, 4.69) is 10.6 Å². The topological polar surface area (TPSA) is 103 Å². The Labute approximate surface area is 133 Å². The third-order valence-corrected chi connectivity index (χ3v) is 3.41. The summed E-state index contributed by atoms with van der Waals surface area (Å²) in [5.74, 6) is 1.02. The van der Waals surface area contributed by atoms with Crippen LogP contribution in [0.1, 0.15) is 31.9 Å². The van der Waals surface area contributed by atoms with Gasteiger partial charge in [0.15, 0.2) is 11.5 Å². The van der Waals surface area contributed by atoms with E-state index in [-0.39, 0.29) is 11.4 Å². The molecule has 1 aromatic carbocycles. The average molecular weight is 321 g/mol. The van der Waals surface area contributed by atoms with Crippen LogP contribution in [0.25, 0.3) is 0 Å². The maximum atomic E-state index is 11.7. The second-order valence-corrected chi connectivity index (χ2v) is 5.06. The fourth-order valence-electron chi connectivity index (χ4n) is 2.36. The van der Waals surface area contributed by atoms with Gasteiger partial charge in [0.2, 0.25) is 0 Å². The van der Waals surface area contributed by atoms with Crippen LogP contribution < -0.4 is 20.1 Å². The molecule has 1 atom stereocenters. The number of nitrogens with one attached hydrogen (secondary N) is 2. The van der Waals surface area contributed by atoms with Gasteiger partial charge in [-0.25, -0.2) is 4.79 Å². The summed E-state index contributed by atoms with van der Waals surface area (Å²) in [6.07, 6.45) is 0.850. The monoisotopic (exact) mass is 321 g/mol. The lowest BCUT2D eigenvalue weighted by atomic mass is 10.0. The molecule has 0 unspecified atom stereocenters. The number of benzene rings is 1. The molecule has 0 bridgehead atoms. The molecule has 8 nitrogen and oxygen atoms in total. The van der Waals surface area contributed by atoms with E-state index in [1.54, 1.807) is 18.2 Å². The third-order valence-electron chi connectivity index (χ3n) is 3.41. The molecule has 2 amide bonds. The average Bonchev–Trinajstić information content (AvgIpc) is 2.51. The first-order chi connectivity index (χ1) is 11.0. The van der Waals surface area contributed by atoms with Crippen molar-refractivity contribution in [2.24, 2.45) is 0 Å². The van der Waals surface area contributed by atoms with Crippen LogP contribution in [0.2, 0.25) is 0 Å². The maximum absolute atomic E-state index is 11.7. The number of carbonyl (C=O) groups is 1. The van der Waals surface area contributed by atoms with Crippen molar-refractivity contribution >= 4 is 6.03 Å². The lowest BCUT2D eigenvalue weighted by molar-refractivity contribution is -0.432. The van der Waals surface area contributed by atoms with Gasteiger partial charge in [-0.3, -0.25) is 10.1 Å². The molecule has 124 valence electrons. The maximum Gasteiger partial charge on any atom is 0.320 e. The van der Waals surface area contributed by atoms with Crippen molar-refractivity contribution in [1.29, 1.82) is 0 Å². The van der Waals surface area contributed by atoms with Crippen molar-refractivity contribution in [2.45, 2.75) is 26.3 Å². The van der Waals surface area contributed by atoms with Gasteiger partial charge in [0.1, 0.15) is 6.04 Å². The molecule has 0 saturated heterocycles. The van der Waals surface area contributed by atoms with E-state index in [4.69, 9.17) is 9.47 Å². The highest BCUT2D eigenvalue weighted by atomic mass is 16.6. The number of carbonyl (C=O) groups excluding carboxylic acids is 1. The van der Waals surface area contributed by atoms with Crippen LogP contribution in [-0.4, -0.2) is 24.7 Å². The number of urea groups is 1. The van der Waals surface area contributed by atoms with Crippen molar-refractivity contribution < 1.29 is 19.2 Å². The predicted octanol–water partition coefficient (Wildman–Crippen LogP) is 2.35. The molecule has 1 aliphatic rings. The minimum absolute atomic E-state index is 0.103. The van der Waals surface area contributed by atoms with Gasteiger partial charge in [-0.2, -0.15) is 0 Å². The number of rotatable bonds is 6. The number of methoxy groups -OCH3 is 1. The molecule has 0 aliphatic carbocycles. The number of hydrogen-bond donors (Lipinski definition) is 2. The van der Waals surface area contributed by atoms with Crippen LogP contribution in [0.4, 0.5) is 4.79 Å². The molecule has 1 aliphatic heterocycles. The Bertz CT molecular complexity index is 657. The van der Waals surface area contributed by atoms with E-state index in [9.17, 15) is 14.9 Å². The highest BCUT2D eigenvalue weighted by molar-refractivity contribution is 5.78. The Morgan fingerprint density at radius 1 is 1.35 bits per heavy atom. The molecular weight excluding hydrogens is 302 g/mol. The first kappa shape index (κ1) is 16.6. The summed E-state index contributed by atoms with van der Waals surface area (Å²) in [5.41, 5.74) is 0.662. The van der Waals surface area contributed by atoms with Crippen LogP contribution in [0, 0.1) is 10.1 Å². The summed E-state index contributed by atoms with van der Waals surface area (Å²) in [6.45, 7) is 4.03. The summed E-state index contributed by atoms with van der Waals surface area (Å²) < 4.78 is 10.8. The van der Waals surface area contributed by atoms with Crippen LogP contribution in [0.5, 0.6) is 11.5 Å². The van der Waals surface area contributed by atoms with Gasteiger partial charge in [-0.1, -0.05) is 13.0 Å². The minimum Gasteiger partial charge on any atom is -0.493 e. The molecule has 2 rings (SSSR count). The second kappa shape index (κ2) is 6.99. The molecule has 2 N–H and O–H groups in total. The molecule has 8 heteroatoms. The van der Waals surface area contributed by atoms with Crippen molar-refractivity contribution in [2.75, 3.05) is 13.7 Å². The van der Waals surface area contributed by atoms with Gasteiger partial charge in [-0.05, 0) is 31.0 Å². The number of amides is 2. The highest BCUT2D eigenvalue weighted by Gasteiger charge is 2.35. The summed E-state index contributed by atoms with van der Waals surface area (Å²) in [7, 11) is 1.49. The largest absolute Gasteiger partial charge is 0.493 e. The van der Waals surface area contributed by atoms with Crippen molar-refractivity contribution in [3.05, 3.63) is 45.3 Å². The van der Waals surface area contributed by atoms with E-state index in [1.165, 1.54) is 14.0 Å². The second-order valence-electron chi connectivity index (χ2n) is 5.06. The lowest BCUT2D eigenvalue weighted by Gasteiger charge is -2.24. The number of hydrogen-bond acceptors (Lipinski definition) is 5. The van der Waals surface area contributed by atoms with E-state index in [0.717, 1.165) is 6.42 Å². The molecule has 23 heavy (non-hydrogen) atoms. The van der Waals surface area contributed by atoms with E-state index in [0.29, 0.717) is 23.7 Å². The van der Waals surface area contributed by atoms with E-state index >= 15 is 0 Å². The molecular formula is C15H19N3O5. The molecule has 0 radical (unpaired) electrons. The van der Waals surface area contributed by atoms with Crippen LogP contribution in [0.15, 0.2) is 29.6 Å². The van der Waals surface area contributed by atoms with E-state index in [1.807, 2.05) is 6.92 Å². The Balaban J connectivity index is 2.41. The highest BCUT2D eigenvalue weighted by Crippen LogP contribution is 2.34. The SMILES string of the molecule is CCCOc1ccc([C@@H]2NC(=O)NC(C)=C2[N+](=O)[O-])cc1OC. The van der Waals surface area contributed by atoms with Gasteiger partial charge in [0, 0.05) is 0 Å². The van der Waals surface area contributed by atoms with Gasteiger partial charge >= 0.3 is 6.03 Å². The smallest absolute Gasteiger partial charge is 0.320 e. The fraction of sp³-hybridized carbons (Fsp3) is 0.400. The Hall–Kier alpha value is -2.77. The number of ether oxygens (including phenoxy) is 2. The molecule has 0 aromatic heterocycles. The van der Waals surface area contributed by atoms with Crippen molar-refractivity contribution in [1.82, 2.24) is 10.6 Å². The Morgan fingerprint density at radius 2 is 2.09 bits per heavy atom. The molecule has 0 fully saturated rings. The predicted molar refractivity (Wildman–Crippen MR) is 82.9 cm³/mol. The van der Waals surface area contributed by atoms with Crippen LogP contribution in [-0.2, 0) is 0 Å². The first-order valence-corrected chi connectivity index (χ1v) is 7.21. The first-order valence-electron chi connectivity index (χ1n) is 7.21. The Morgan fingerprint density at radius 3 is 2.70 bits per heavy atom. The van der Waals surface area contributed by atoms with Gasteiger partial charge < -0.3 is 20.1 Å². The summed E-state index contributed by atoms with van der Waals surface area (Å²) in [5, 5.41) is 16.3. The quantitative estimate of drug-likeness (QED) is 0.618. The van der Waals surface area contributed by atoms with E-state index < -0.39 is 17.0 Å². The number of nitrogens with zero attached hydrogens (tertiary/aromatic N) is 1. The standard InChI is InChI=1S/C15H19N3O5/c1-4-7-23-11-6-5-10(8-12(11)22-3)13-14(18(20)21)9(2)16-15(19)17-13/h5-6,8,13H,4,7H2,1-3H3,(H2,16,17,19)/t13-/m0/s1. The zero-order valence-electron chi connectivity index (χ0n) is 13.2. The molecule has 0 saturated carbocycles. The van der Waals surface area contributed by atoms with Gasteiger partial charge in [0.25, 0.3) is 5.70 Å². The minimum atomic E-state index is -0.854. The number of allylic oxidation sites excluding steroid dienone is 1. The molecule has 0 spiro atoms. The molecule has 1 aromatic rings. The summed E-state index contributed by atoms with van der Waals surface area (Å²) in [6, 6.07) is 3.67. The number of nitro groups is 1. The zero-order chi connectivity index (χ0) is 17.0. The summed E-state index contributed by atoms with van der Waals surface area (Å²) in [4.78, 5) is 22.5. The van der Waals surface area contributed by atoms with Gasteiger partial charge in [0.05, 0.1) is 24.3 Å². The Kier molecular flexibility index (Phi) is 5.05. The van der Waals surface area contributed by atoms with Crippen LogP contribution in [0.3, 0.4) is 0 Å². The van der Waals surface area contributed by atoms with Crippen molar-refractivity contribution in [3.8, 4) is 11.5 Å². The van der Waals surface area contributed by atoms with Crippen LogP contribution >= 0.6 is 0 Å². The zero-order valence-corrected chi connectivity index (χ0v) is 13.2. The normalized spacial score (nSPS) is 17.3. The lowest BCUT2D eigenvalue weighted by Crippen LogP contribution is -2.45. The fourth-order valence-corrected chi connectivity index (χ4v) is 2.36. The van der Waals surface area contributed by atoms with Crippen molar-refractivity contribution in [3.63, 3.8) is 0 Å². The van der Waals surface area contributed by atoms with Gasteiger partial charge in [-0.15, -0.1) is 0 Å². The molecule has 1 heterocycles.